The van der Waals surface area contributed by atoms with Crippen molar-refractivity contribution in [3.05, 3.63) is 0 Å². The second-order valence-corrected chi connectivity index (χ2v) is 2.55. The highest BCUT2D eigenvalue weighted by Crippen LogP contribution is 2.31. The molecule has 1 heteroatoms. The lowest BCUT2D eigenvalue weighted by Crippen LogP contribution is -2.24. The molecule has 0 heterocycles. The smallest absolute Gasteiger partial charge is 0.128 e. The van der Waals surface area contributed by atoms with Gasteiger partial charge in [-0.3, -0.25) is 0 Å². The van der Waals surface area contributed by atoms with Crippen molar-refractivity contribution in [2.45, 2.75) is 31.3 Å². The lowest BCUT2D eigenvalue weighted by molar-refractivity contribution is 0.0476. The summed E-state index contributed by atoms with van der Waals surface area (Å²) in [7, 11) is 1.70. The average molecular weight is 124 g/mol. The van der Waals surface area contributed by atoms with Gasteiger partial charge in [0, 0.05) is 7.11 Å². The molecular weight excluding hydrogens is 112 g/mol. The van der Waals surface area contributed by atoms with Crippen molar-refractivity contribution in [3.63, 3.8) is 0 Å². The molecule has 1 aliphatic carbocycles. The third-order valence-electron chi connectivity index (χ3n) is 2.07. The van der Waals surface area contributed by atoms with Gasteiger partial charge in [0.05, 0.1) is 0 Å². The van der Waals surface area contributed by atoms with Crippen LogP contribution in [0.5, 0.6) is 0 Å². The van der Waals surface area contributed by atoms with Gasteiger partial charge in [-0.15, -0.1) is 6.42 Å². The van der Waals surface area contributed by atoms with Crippen LogP contribution in [0.15, 0.2) is 0 Å². The first-order valence-electron chi connectivity index (χ1n) is 3.36. The first-order chi connectivity index (χ1) is 4.33. The largest absolute Gasteiger partial charge is 0.366 e. The molecule has 0 radical (unpaired) electrons. The van der Waals surface area contributed by atoms with Gasteiger partial charge in [0.15, 0.2) is 0 Å². The Labute approximate surface area is 56.4 Å². The second-order valence-electron chi connectivity index (χ2n) is 2.55. The van der Waals surface area contributed by atoms with Crippen molar-refractivity contribution >= 4 is 0 Å². The fraction of sp³-hybridized carbons (Fsp3) is 0.750. The Morgan fingerprint density at radius 1 is 1.44 bits per heavy atom. The fourth-order valence-corrected chi connectivity index (χ4v) is 1.35. The van der Waals surface area contributed by atoms with E-state index in [1.54, 1.807) is 7.11 Å². The summed E-state index contributed by atoms with van der Waals surface area (Å²) in [4.78, 5) is 0. The van der Waals surface area contributed by atoms with Crippen LogP contribution in [-0.4, -0.2) is 12.7 Å². The zero-order valence-electron chi connectivity index (χ0n) is 5.81. The van der Waals surface area contributed by atoms with E-state index in [2.05, 4.69) is 5.92 Å². The van der Waals surface area contributed by atoms with E-state index >= 15 is 0 Å². The molecule has 0 amide bonds. The molecule has 9 heavy (non-hydrogen) atoms. The predicted molar refractivity (Wildman–Crippen MR) is 37.0 cm³/mol. The van der Waals surface area contributed by atoms with Gasteiger partial charge in [-0.05, 0) is 25.7 Å². The molecule has 1 rings (SSSR count). The molecule has 1 fully saturated rings. The number of terminal acetylenes is 1. The van der Waals surface area contributed by atoms with Crippen LogP contribution in [0.25, 0.3) is 0 Å². The topological polar surface area (TPSA) is 9.23 Å². The van der Waals surface area contributed by atoms with Crippen molar-refractivity contribution in [2.24, 2.45) is 0 Å². The maximum absolute atomic E-state index is 5.30. The highest BCUT2D eigenvalue weighted by atomic mass is 16.5. The number of rotatable bonds is 1. The van der Waals surface area contributed by atoms with E-state index in [4.69, 9.17) is 11.2 Å². The monoisotopic (exact) mass is 124 g/mol. The highest BCUT2D eigenvalue weighted by molar-refractivity contribution is 5.10. The van der Waals surface area contributed by atoms with Crippen molar-refractivity contribution < 1.29 is 4.74 Å². The van der Waals surface area contributed by atoms with E-state index < -0.39 is 0 Å². The van der Waals surface area contributed by atoms with E-state index in [1.807, 2.05) is 0 Å². The first kappa shape index (κ1) is 6.64. The lowest BCUT2D eigenvalue weighted by Gasteiger charge is -2.19. The molecule has 1 nitrogen and oxygen atoms in total. The van der Waals surface area contributed by atoms with E-state index in [1.165, 1.54) is 12.8 Å². The number of hydrogen-bond acceptors (Lipinski definition) is 1. The highest BCUT2D eigenvalue weighted by Gasteiger charge is 2.30. The van der Waals surface area contributed by atoms with Crippen molar-refractivity contribution in [1.29, 1.82) is 0 Å². The summed E-state index contributed by atoms with van der Waals surface area (Å²) in [5.74, 6) is 2.70. The molecule has 50 valence electrons. The molecule has 1 saturated carbocycles. The lowest BCUT2D eigenvalue weighted by atomic mass is 10.0. The molecule has 0 bridgehead atoms. The number of methoxy groups -OCH3 is 1. The fourth-order valence-electron chi connectivity index (χ4n) is 1.35. The molecule has 0 aromatic carbocycles. The van der Waals surface area contributed by atoms with Crippen LogP contribution in [0, 0.1) is 12.3 Å². The van der Waals surface area contributed by atoms with Crippen LogP contribution >= 0.6 is 0 Å². The Kier molecular flexibility index (Phi) is 1.78. The van der Waals surface area contributed by atoms with Crippen LogP contribution in [0.1, 0.15) is 25.7 Å². The van der Waals surface area contributed by atoms with Crippen molar-refractivity contribution in [1.82, 2.24) is 0 Å². The molecule has 0 atom stereocenters. The van der Waals surface area contributed by atoms with Crippen molar-refractivity contribution in [3.8, 4) is 12.3 Å². The minimum atomic E-state index is -0.194. The Morgan fingerprint density at radius 2 is 2.00 bits per heavy atom. The third kappa shape index (κ3) is 1.09. The molecule has 0 spiro atoms. The molecule has 1 aliphatic rings. The normalized spacial score (nSPS) is 23.6. The molecule has 0 unspecified atom stereocenters. The van der Waals surface area contributed by atoms with E-state index in [9.17, 15) is 0 Å². The van der Waals surface area contributed by atoms with Crippen LogP contribution < -0.4 is 0 Å². The summed E-state index contributed by atoms with van der Waals surface area (Å²) < 4.78 is 5.21. The minimum Gasteiger partial charge on any atom is -0.366 e. The summed E-state index contributed by atoms with van der Waals surface area (Å²) in [6.07, 6.45) is 9.83. The summed E-state index contributed by atoms with van der Waals surface area (Å²) in [5, 5.41) is 0. The molecule has 0 aromatic heterocycles. The Morgan fingerprint density at radius 3 is 2.22 bits per heavy atom. The van der Waals surface area contributed by atoms with E-state index in [0.29, 0.717) is 0 Å². The minimum absolute atomic E-state index is 0.194. The van der Waals surface area contributed by atoms with E-state index in [0.717, 1.165) is 12.8 Å². The summed E-state index contributed by atoms with van der Waals surface area (Å²) in [6.45, 7) is 0. The quantitative estimate of drug-likeness (QED) is 0.482. The van der Waals surface area contributed by atoms with Crippen LogP contribution in [0.4, 0.5) is 0 Å². The first-order valence-corrected chi connectivity index (χ1v) is 3.36. The standard InChI is InChI=1S/C8H12O/c1-3-8(9-2)6-4-5-7-8/h1H,4-7H2,2H3. The molecule has 0 aliphatic heterocycles. The third-order valence-corrected chi connectivity index (χ3v) is 2.07. The number of hydrogen-bond donors (Lipinski definition) is 0. The Bertz CT molecular complexity index is 126. The van der Waals surface area contributed by atoms with Gasteiger partial charge in [-0.2, -0.15) is 0 Å². The average Bonchev–Trinajstić information content (AvgIpc) is 2.36. The van der Waals surface area contributed by atoms with Gasteiger partial charge in [-0.25, -0.2) is 0 Å². The van der Waals surface area contributed by atoms with Gasteiger partial charge in [0.2, 0.25) is 0 Å². The zero-order chi connectivity index (χ0) is 6.74. The second kappa shape index (κ2) is 2.41. The maximum atomic E-state index is 5.30. The van der Waals surface area contributed by atoms with Gasteiger partial charge < -0.3 is 4.74 Å². The Hall–Kier alpha value is -0.480. The molecule has 0 aromatic rings. The van der Waals surface area contributed by atoms with Gasteiger partial charge in [0.1, 0.15) is 5.60 Å². The predicted octanol–water partition coefficient (Wildman–Crippen LogP) is 1.58. The maximum Gasteiger partial charge on any atom is 0.128 e. The molecule has 0 N–H and O–H groups in total. The van der Waals surface area contributed by atoms with Crippen LogP contribution in [-0.2, 0) is 4.74 Å². The summed E-state index contributed by atoms with van der Waals surface area (Å²) in [6, 6.07) is 0. The van der Waals surface area contributed by atoms with Gasteiger partial charge in [0.25, 0.3) is 0 Å². The summed E-state index contributed by atoms with van der Waals surface area (Å²) >= 11 is 0. The van der Waals surface area contributed by atoms with Gasteiger partial charge in [-0.1, -0.05) is 5.92 Å². The Balaban J connectivity index is 2.59. The molecule has 0 saturated heterocycles. The zero-order valence-corrected chi connectivity index (χ0v) is 5.81. The van der Waals surface area contributed by atoms with Crippen molar-refractivity contribution in [2.75, 3.05) is 7.11 Å². The summed E-state index contributed by atoms with van der Waals surface area (Å²) in [5.41, 5.74) is -0.194. The number of ether oxygens (including phenoxy) is 1. The van der Waals surface area contributed by atoms with Crippen LogP contribution in [0.3, 0.4) is 0 Å². The SMILES string of the molecule is C#CC1(OC)CCCC1. The van der Waals surface area contributed by atoms with Crippen LogP contribution in [0.2, 0.25) is 0 Å². The van der Waals surface area contributed by atoms with Gasteiger partial charge >= 0.3 is 0 Å². The molecular formula is C8H12O. The van der Waals surface area contributed by atoms with E-state index in [-0.39, 0.29) is 5.60 Å².